The summed E-state index contributed by atoms with van der Waals surface area (Å²) in [6.07, 6.45) is 8.88. The van der Waals surface area contributed by atoms with Gasteiger partial charge in [-0.25, -0.2) is 15.0 Å². The minimum absolute atomic E-state index is 0. The zero-order valence-corrected chi connectivity index (χ0v) is 20.2. The maximum atomic E-state index is 12.6. The number of likely N-dealkylation sites (N-methyl/N-ethyl adjacent to an activating group) is 1. The molecule has 36 heavy (non-hydrogen) atoms. The van der Waals surface area contributed by atoms with E-state index in [9.17, 15) is 4.79 Å². The largest absolute Gasteiger partial charge is 0.353 e. The number of anilines is 2. The highest BCUT2D eigenvalue weighted by atomic mass is 16.1. The lowest BCUT2D eigenvalue weighted by Gasteiger charge is -2.33. The Balaban J connectivity index is 0.00000168. The summed E-state index contributed by atoms with van der Waals surface area (Å²) in [7, 11) is 2.16. The first-order valence-electron chi connectivity index (χ1n) is 12.3. The summed E-state index contributed by atoms with van der Waals surface area (Å²) in [6, 6.07) is 13.7. The normalized spacial score (nSPS) is 15.9. The van der Waals surface area contributed by atoms with E-state index in [0.29, 0.717) is 11.4 Å². The number of aryl methyl sites for hydroxylation is 1. The highest BCUT2D eigenvalue weighted by Crippen LogP contribution is 2.34. The number of aromatic nitrogens is 4. The van der Waals surface area contributed by atoms with Gasteiger partial charge in [-0.2, -0.15) is 0 Å². The monoisotopic (exact) mass is 481 g/mol. The van der Waals surface area contributed by atoms with Crippen LogP contribution < -0.4 is 10.2 Å². The number of hydrogen-bond donors (Lipinski definition) is 1. The van der Waals surface area contributed by atoms with E-state index in [1.165, 1.54) is 0 Å². The molecule has 0 atom stereocenters. The highest BCUT2D eigenvalue weighted by molar-refractivity contribution is 6.03. The van der Waals surface area contributed by atoms with Gasteiger partial charge in [0.25, 0.3) is 5.91 Å². The standard InChI is InChI=1S/C28H27N7O.2H2/c1-34-13-15-35(16-14-34)27-23-17-20(5-7-24(23)30-18-31-27)21-3-2-4-25-22(21)6-8-26(32-25)33-28(36)19-9-11-29-12-10-19;;/h3,5-12,17-18H,2,4,13-16H2,1H3,(H,32,33,36);2*1H. The van der Waals surface area contributed by atoms with E-state index >= 15 is 0 Å². The van der Waals surface area contributed by atoms with Crippen LogP contribution >= 0.6 is 0 Å². The Morgan fingerprint density at radius 1 is 1.00 bits per heavy atom. The second kappa shape index (κ2) is 9.47. The van der Waals surface area contributed by atoms with E-state index in [1.807, 2.05) is 6.07 Å². The summed E-state index contributed by atoms with van der Waals surface area (Å²) in [5.41, 5.74) is 5.88. The topological polar surface area (TPSA) is 87.1 Å². The van der Waals surface area contributed by atoms with Gasteiger partial charge in [0.05, 0.1) is 11.2 Å². The maximum Gasteiger partial charge on any atom is 0.256 e. The second-order valence-electron chi connectivity index (χ2n) is 9.26. The molecule has 4 heterocycles. The number of carbonyl (C=O) groups excluding carboxylic acids is 1. The summed E-state index contributed by atoms with van der Waals surface area (Å²) >= 11 is 0. The molecule has 8 heteroatoms. The summed E-state index contributed by atoms with van der Waals surface area (Å²) in [4.78, 5) is 35.2. The first-order chi connectivity index (χ1) is 17.7. The molecule has 1 fully saturated rings. The van der Waals surface area contributed by atoms with Crippen LogP contribution in [0.4, 0.5) is 11.6 Å². The molecule has 1 N–H and O–H groups in total. The highest BCUT2D eigenvalue weighted by Gasteiger charge is 2.21. The molecule has 1 amide bonds. The van der Waals surface area contributed by atoms with Gasteiger partial charge in [-0.1, -0.05) is 12.1 Å². The molecule has 0 spiro atoms. The number of nitrogens with one attached hydrogen (secondary N) is 1. The van der Waals surface area contributed by atoms with Crippen molar-refractivity contribution in [2.24, 2.45) is 0 Å². The van der Waals surface area contributed by atoms with Crippen LogP contribution in [-0.4, -0.2) is 64.0 Å². The molecule has 6 rings (SSSR count). The number of rotatable bonds is 4. The van der Waals surface area contributed by atoms with Gasteiger partial charge in [0.2, 0.25) is 0 Å². The van der Waals surface area contributed by atoms with Crippen molar-refractivity contribution in [3.05, 3.63) is 89.6 Å². The van der Waals surface area contributed by atoms with Gasteiger partial charge in [0.1, 0.15) is 18.0 Å². The first kappa shape index (κ1) is 22.3. The van der Waals surface area contributed by atoms with E-state index in [0.717, 1.165) is 78.1 Å². The van der Waals surface area contributed by atoms with Gasteiger partial charge in [0.15, 0.2) is 0 Å². The van der Waals surface area contributed by atoms with Crippen LogP contribution in [0.25, 0.3) is 16.5 Å². The van der Waals surface area contributed by atoms with Crippen molar-refractivity contribution in [1.29, 1.82) is 0 Å². The molecule has 0 bridgehead atoms. The van der Waals surface area contributed by atoms with Crippen molar-refractivity contribution in [3.63, 3.8) is 0 Å². The van der Waals surface area contributed by atoms with Gasteiger partial charge >= 0.3 is 0 Å². The van der Waals surface area contributed by atoms with Crippen LogP contribution in [0, 0.1) is 0 Å². The Bertz CT molecular complexity index is 1470. The molecule has 0 radical (unpaired) electrons. The lowest BCUT2D eigenvalue weighted by molar-refractivity contribution is 0.102. The van der Waals surface area contributed by atoms with Crippen molar-refractivity contribution >= 4 is 34.0 Å². The molecule has 0 saturated carbocycles. The molecule has 184 valence electrons. The SMILES string of the molecule is CN1CCN(c2ncnc3ccc(C4=CCCc5nc(NC(=O)c6ccncc6)ccc54)cc23)CC1.[HH].[HH]. The molecule has 1 aliphatic heterocycles. The lowest BCUT2D eigenvalue weighted by Crippen LogP contribution is -2.44. The average molecular weight is 482 g/mol. The number of nitrogens with zero attached hydrogens (tertiary/aromatic N) is 6. The molecular weight excluding hydrogens is 450 g/mol. The molecule has 1 saturated heterocycles. The molecule has 8 nitrogen and oxygen atoms in total. The number of hydrogen-bond acceptors (Lipinski definition) is 7. The first-order valence-corrected chi connectivity index (χ1v) is 12.3. The molecule has 1 aromatic carbocycles. The van der Waals surface area contributed by atoms with Crippen LogP contribution in [0.5, 0.6) is 0 Å². The zero-order valence-electron chi connectivity index (χ0n) is 20.2. The van der Waals surface area contributed by atoms with Crippen LogP contribution in [0.2, 0.25) is 0 Å². The van der Waals surface area contributed by atoms with Crippen molar-refractivity contribution in [1.82, 2.24) is 24.8 Å². The summed E-state index contributed by atoms with van der Waals surface area (Å²) < 4.78 is 0. The van der Waals surface area contributed by atoms with Crippen LogP contribution in [0.1, 0.15) is 36.5 Å². The third-order valence-electron chi connectivity index (χ3n) is 6.91. The Kier molecular flexibility index (Phi) is 5.87. The van der Waals surface area contributed by atoms with Crippen molar-refractivity contribution in [2.45, 2.75) is 12.8 Å². The number of fused-ring (bicyclic) bond motifs is 2. The fourth-order valence-electron chi connectivity index (χ4n) is 4.92. The molecule has 0 unspecified atom stereocenters. The predicted octanol–water partition coefficient (Wildman–Crippen LogP) is 4.29. The van der Waals surface area contributed by atoms with E-state index < -0.39 is 0 Å². The Morgan fingerprint density at radius 3 is 2.67 bits per heavy atom. The maximum absolute atomic E-state index is 12.6. The Labute approximate surface area is 212 Å². The van der Waals surface area contributed by atoms with Gasteiger partial charge in [-0.15, -0.1) is 0 Å². The number of allylic oxidation sites excluding steroid dienone is 1. The summed E-state index contributed by atoms with van der Waals surface area (Å²) in [5.74, 6) is 1.36. The quantitative estimate of drug-likeness (QED) is 0.465. The van der Waals surface area contributed by atoms with Gasteiger partial charge in [-0.3, -0.25) is 9.78 Å². The fourth-order valence-corrected chi connectivity index (χ4v) is 4.92. The van der Waals surface area contributed by atoms with Gasteiger partial charge in [-0.05, 0) is 67.4 Å². The predicted molar refractivity (Wildman–Crippen MR) is 145 cm³/mol. The molecular formula is C28H31N7O. The fraction of sp³-hybridized carbons (Fsp3) is 0.250. The third-order valence-corrected chi connectivity index (χ3v) is 6.91. The second-order valence-corrected chi connectivity index (χ2v) is 9.26. The minimum atomic E-state index is -0.192. The van der Waals surface area contributed by atoms with E-state index in [1.54, 1.807) is 30.9 Å². The molecule has 3 aromatic heterocycles. The van der Waals surface area contributed by atoms with Crippen LogP contribution in [-0.2, 0) is 6.42 Å². The third kappa shape index (κ3) is 4.31. The Hall–Kier alpha value is -4.17. The number of pyridine rings is 2. The smallest absolute Gasteiger partial charge is 0.256 e. The van der Waals surface area contributed by atoms with E-state index in [2.05, 4.69) is 67.5 Å². The van der Waals surface area contributed by atoms with Crippen molar-refractivity contribution < 1.29 is 7.65 Å². The molecule has 1 aliphatic carbocycles. The summed E-state index contributed by atoms with van der Waals surface area (Å²) in [5, 5.41) is 3.98. The Morgan fingerprint density at radius 2 is 1.83 bits per heavy atom. The molecule has 4 aromatic rings. The van der Waals surface area contributed by atoms with E-state index in [-0.39, 0.29) is 8.76 Å². The summed E-state index contributed by atoms with van der Waals surface area (Å²) in [6.45, 7) is 3.96. The van der Waals surface area contributed by atoms with Crippen LogP contribution in [0.15, 0.2) is 67.3 Å². The lowest BCUT2D eigenvalue weighted by atomic mass is 9.89. The van der Waals surface area contributed by atoms with Gasteiger partial charge in [0, 0.05) is 57.9 Å². The number of carbonyl (C=O) groups is 1. The van der Waals surface area contributed by atoms with Crippen molar-refractivity contribution in [3.8, 4) is 0 Å². The zero-order chi connectivity index (χ0) is 24.5. The number of amides is 1. The van der Waals surface area contributed by atoms with Gasteiger partial charge < -0.3 is 15.1 Å². The average Bonchev–Trinajstić information content (AvgIpc) is 2.93. The van der Waals surface area contributed by atoms with Crippen LogP contribution in [0.3, 0.4) is 0 Å². The minimum Gasteiger partial charge on any atom is -0.353 e. The van der Waals surface area contributed by atoms with Crippen molar-refractivity contribution in [2.75, 3.05) is 43.4 Å². The number of piperazine rings is 1. The number of benzene rings is 1. The van der Waals surface area contributed by atoms with E-state index in [4.69, 9.17) is 4.98 Å². The molecule has 2 aliphatic rings.